The molecule has 2 heterocycles. The normalized spacial score (nSPS) is 25.7. The monoisotopic (exact) mass is 368 g/mol. The molecular formula is C20H20N2O5. The Kier molecular flexibility index (Phi) is 3.50. The summed E-state index contributed by atoms with van der Waals surface area (Å²) in [6.07, 6.45) is 0.668. The van der Waals surface area contributed by atoms with Crippen molar-refractivity contribution in [2.45, 2.75) is 32.1 Å². The van der Waals surface area contributed by atoms with Gasteiger partial charge in [-0.1, -0.05) is 32.0 Å². The molecule has 0 bridgehead atoms. The maximum absolute atomic E-state index is 13.3. The van der Waals surface area contributed by atoms with Gasteiger partial charge in [-0.15, -0.1) is 0 Å². The summed E-state index contributed by atoms with van der Waals surface area (Å²) in [5.74, 6) is -1.41. The van der Waals surface area contributed by atoms with Gasteiger partial charge in [-0.3, -0.25) is 9.59 Å². The van der Waals surface area contributed by atoms with Crippen LogP contribution >= 0.6 is 0 Å². The molecule has 1 aromatic carbocycles. The van der Waals surface area contributed by atoms with Crippen LogP contribution in [0, 0.1) is 5.41 Å². The van der Waals surface area contributed by atoms with Crippen molar-refractivity contribution >= 4 is 23.3 Å². The maximum Gasteiger partial charge on any atom is 0.340 e. The summed E-state index contributed by atoms with van der Waals surface area (Å²) in [4.78, 5) is 39.1. The Labute approximate surface area is 156 Å². The van der Waals surface area contributed by atoms with Crippen molar-refractivity contribution in [1.29, 1.82) is 0 Å². The molecule has 1 spiro atoms. The molecule has 27 heavy (non-hydrogen) atoms. The van der Waals surface area contributed by atoms with E-state index in [1.54, 1.807) is 24.3 Å². The molecule has 0 aromatic heterocycles. The summed E-state index contributed by atoms with van der Waals surface area (Å²) in [5, 5.41) is 2.78. The molecule has 0 radical (unpaired) electrons. The highest BCUT2D eigenvalue weighted by molar-refractivity contribution is 6.22. The van der Waals surface area contributed by atoms with Crippen LogP contribution in [0.1, 0.15) is 32.3 Å². The fraction of sp³-hybridized carbons (Fsp3) is 0.350. The van der Waals surface area contributed by atoms with Crippen molar-refractivity contribution in [3.05, 3.63) is 52.6 Å². The van der Waals surface area contributed by atoms with Gasteiger partial charge in [0.05, 0.1) is 12.7 Å². The summed E-state index contributed by atoms with van der Waals surface area (Å²) in [5.41, 5.74) is 5.16. The van der Waals surface area contributed by atoms with Crippen LogP contribution < -0.4 is 11.1 Å². The van der Waals surface area contributed by atoms with Gasteiger partial charge in [-0.2, -0.15) is 0 Å². The van der Waals surface area contributed by atoms with Gasteiger partial charge in [0.1, 0.15) is 16.7 Å². The number of benzene rings is 1. The molecule has 3 aliphatic rings. The van der Waals surface area contributed by atoms with Gasteiger partial charge in [0, 0.05) is 24.1 Å². The number of ether oxygens (including phenoxy) is 2. The number of anilines is 1. The first-order chi connectivity index (χ1) is 12.7. The van der Waals surface area contributed by atoms with Crippen LogP contribution in [0.2, 0.25) is 0 Å². The number of nitrogens with two attached hydrogens (primary N) is 1. The zero-order valence-corrected chi connectivity index (χ0v) is 15.3. The summed E-state index contributed by atoms with van der Waals surface area (Å²) >= 11 is 0. The Morgan fingerprint density at radius 3 is 2.63 bits per heavy atom. The molecule has 1 aromatic rings. The fourth-order valence-electron chi connectivity index (χ4n) is 4.37. The molecule has 0 saturated heterocycles. The van der Waals surface area contributed by atoms with E-state index in [4.69, 9.17) is 15.2 Å². The number of rotatable bonds is 1. The van der Waals surface area contributed by atoms with Gasteiger partial charge in [-0.25, -0.2) is 4.79 Å². The lowest BCUT2D eigenvalue weighted by molar-refractivity contribution is -0.139. The molecule has 0 saturated carbocycles. The van der Waals surface area contributed by atoms with E-state index >= 15 is 0 Å². The molecule has 0 unspecified atom stereocenters. The van der Waals surface area contributed by atoms with Crippen molar-refractivity contribution in [3.63, 3.8) is 0 Å². The van der Waals surface area contributed by atoms with Crippen LogP contribution in [-0.2, 0) is 29.3 Å². The van der Waals surface area contributed by atoms with Crippen LogP contribution in [0.3, 0.4) is 0 Å². The molecule has 3 N–H and O–H groups in total. The summed E-state index contributed by atoms with van der Waals surface area (Å²) in [7, 11) is 1.20. The minimum Gasteiger partial charge on any atom is -0.465 e. The quantitative estimate of drug-likeness (QED) is 0.733. The first-order valence-electron chi connectivity index (χ1n) is 8.66. The molecule has 1 amide bonds. The Bertz CT molecular complexity index is 972. The van der Waals surface area contributed by atoms with Crippen LogP contribution in [0.15, 0.2) is 47.1 Å². The van der Waals surface area contributed by atoms with E-state index in [-0.39, 0.29) is 34.6 Å². The number of nitrogens with one attached hydrogen (secondary N) is 1. The number of allylic oxidation sites excluding steroid dienone is 1. The van der Waals surface area contributed by atoms with Gasteiger partial charge in [-0.05, 0) is 11.5 Å². The Balaban J connectivity index is 2.09. The number of hydrogen-bond acceptors (Lipinski definition) is 6. The Morgan fingerprint density at radius 2 is 1.93 bits per heavy atom. The minimum atomic E-state index is -1.66. The molecule has 0 fully saturated rings. The predicted molar refractivity (Wildman–Crippen MR) is 96.1 cm³/mol. The highest BCUT2D eigenvalue weighted by atomic mass is 16.5. The number of Topliss-reactive ketones (excluding diaryl/α,β-unsaturated/α-hetero) is 1. The van der Waals surface area contributed by atoms with Gasteiger partial charge in [0.2, 0.25) is 11.8 Å². The summed E-state index contributed by atoms with van der Waals surface area (Å²) in [6, 6.07) is 6.95. The number of esters is 1. The van der Waals surface area contributed by atoms with E-state index in [0.29, 0.717) is 23.4 Å². The number of carbonyl (C=O) groups excluding carboxylic acids is 3. The molecule has 1 aliphatic carbocycles. The molecule has 7 nitrogen and oxygen atoms in total. The second kappa shape index (κ2) is 5.45. The van der Waals surface area contributed by atoms with E-state index in [1.165, 1.54) is 7.11 Å². The zero-order valence-electron chi connectivity index (χ0n) is 15.3. The number of ketones is 1. The second-order valence-electron chi connectivity index (χ2n) is 7.82. The number of carbonyl (C=O) groups is 3. The minimum absolute atomic E-state index is 0.153. The highest BCUT2D eigenvalue weighted by Gasteiger charge is 2.62. The van der Waals surface area contributed by atoms with Gasteiger partial charge >= 0.3 is 5.97 Å². The standard InChI is InChI=1S/C20H20N2O5/c1-19(2)8-12(23)14-13(9-19)27-16(21)15(17(24)26-3)20(14)10-6-4-5-7-11(10)22-18(20)25/h4-7H,8-9,21H2,1-3H3,(H,22,25)/t20-/m0/s1. The first-order valence-corrected chi connectivity index (χ1v) is 8.66. The van der Waals surface area contributed by atoms with E-state index in [2.05, 4.69) is 5.32 Å². The van der Waals surface area contributed by atoms with Crippen LogP contribution in [-0.4, -0.2) is 24.8 Å². The van der Waals surface area contributed by atoms with E-state index in [1.807, 2.05) is 13.8 Å². The predicted octanol–water partition coefficient (Wildman–Crippen LogP) is 1.89. The fourth-order valence-corrected chi connectivity index (χ4v) is 4.37. The largest absolute Gasteiger partial charge is 0.465 e. The van der Waals surface area contributed by atoms with Crippen LogP contribution in [0.5, 0.6) is 0 Å². The number of fused-ring (bicyclic) bond motifs is 3. The number of methoxy groups -OCH3 is 1. The van der Waals surface area contributed by atoms with E-state index < -0.39 is 17.3 Å². The van der Waals surface area contributed by atoms with Crippen LogP contribution in [0.25, 0.3) is 0 Å². The van der Waals surface area contributed by atoms with Crippen LogP contribution in [0.4, 0.5) is 5.69 Å². The molecule has 1 atom stereocenters. The smallest absolute Gasteiger partial charge is 0.340 e. The third-order valence-corrected chi connectivity index (χ3v) is 5.37. The third-order valence-electron chi connectivity index (χ3n) is 5.37. The third kappa shape index (κ3) is 2.17. The number of para-hydroxylation sites is 1. The lowest BCUT2D eigenvalue weighted by atomic mass is 9.62. The SMILES string of the molecule is COC(=O)C1=C(N)OC2=C(C(=O)CC(C)(C)C2)[C@]12C(=O)Nc1ccccc12. The molecule has 4 rings (SSSR count). The highest BCUT2D eigenvalue weighted by Crippen LogP contribution is 2.55. The molecule has 7 heteroatoms. The summed E-state index contributed by atoms with van der Waals surface area (Å²) in [6.45, 7) is 3.90. The van der Waals surface area contributed by atoms with Gasteiger partial charge < -0.3 is 20.5 Å². The Morgan fingerprint density at radius 1 is 1.22 bits per heavy atom. The summed E-state index contributed by atoms with van der Waals surface area (Å²) < 4.78 is 10.6. The second-order valence-corrected chi connectivity index (χ2v) is 7.82. The van der Waals surface area contributed by atoms with Gasteiger partial charge in [0.25, 0.3) is 0 Å². The lowest BCUT2D eigenvalue weighted by Gasteiger charge is -2.41. The van der Waals surface area contributed by atoms with Crippen molar-refractivity contribution in [2.75, 3.05) is 12.4 Å². The van der Waals surface area contributed by atoms with Gasteiger partial charge in [0.15, 0.2) is 5.78 Å². The van der Waals surface area contributed by atoms with Crippen molar-refractivity contribution < 1.29 is 23.9 Å². The van der Waals surface area contributed by atoms with E-state index in [0.717, 1.165) is 0 Å². The topological polar surface area (TPSA) is 108 Å². The number of amides is 1. The first kappa shape index (κ1) is 17.3. The van der Waals surface area contributed by atoms with Crippen molar-refractivity contribution in [1.82, 2.24) is 0 Å². The lowest BCUT2D eigenvalue weighted by Crippen LogP contribution is -2.50. The zero-order chi connectivity index (χ0) is 19.6. The van der Waals surface area contributed by atoms with E-state index in [9.17, 15) is 14.4 Å². The average molecular weight is 368 g/mol. The maximum atomic E-state index is 13.3. The molecule has 2 aliphatic heterocycles. The Hall–Kier alpha value is -3.09. The van der Waals surface area contributed by atoms with Crippen molar-refractivity contribution in [2.24, 2.45) is 11.1 Å². The number of hydrogen-bond donors (Lipinski definition) is 2. The van der Waals surface area contributed by atoms with Crippen molar-refractivity contribution in [3.8, 4) is 0 Å². The molecule has 140 valence electrons. The average Bonchev–Trinajstić information content (AvgIpc) is 2.85. The molecular weight excluding hydrogens is 348 g/mol.